The first kappa shape index (κ1) is 14.1. The van der Waals surface area contributed by atoms with Crippen molar-refractivity contribution in [1.29, 1.82) is 0 Å². The van der Waals surface area contributed by atoms with Crippen molar-refractivity contribution in [3.05, 3.63) is 11.9 Å². The summed E-state index contributed by atoms with van der Waals surface area (Å²) in [5, 5.41) is 11.8. The number of hydrogen-bond donors (Lipinski definition) is 2. The van der Waals surface area contributed by atoms with E-state index in [0.29, 0.717) is 12.8 Å². The summed E-state index contributed by atoms with van der Waals surface area (Å²) in [7, 11) is 0. The van der Waals surface area contributed by atoms with Crippen molar-refractivity contribution in [2.45, 2.75) is 45.6 Å². The highest BCUT2D eigenvalue weighted by molar-refractivity contribution is 5.73. The molecule has 2 N–H and O–H groups in total. The lowest BCUT2D eigenvalue weighted by Gasteiger charge is -2.30. The van der Waals surface area contributed by atoms with Gasteiger partial charge in [-0.25, -0.2) is 4.39 Å². The fraction of sp³-hybridized carbons (Fsp3) is 0.727. The Morgan fingerprint density at radius 3 is 2.47 bits per heavy atom. The van der Waals surface area contributed by atoms with Gasteiger partial charge in [-0.05, 0) is 12.8 Å². The Morgan fingerprint density at radius 2 is 2.13 bits per heavy atom. The maximum absolute atomic E-state index is 13.3. The number of carbonyl (C=O) groups is 1. The predicted octanol–water partition coefficient (Wildman–Crippen LogP) is 1.92. The molecule has 0 aliphatic rings. The molecule has 1 unspecified atom stereocenters. The number of carbonyl (C=O) groups excluding carboxylic acids is 1. The van der Waals surface area contributed by atoms with Gasteiger partial charge in [0.25, 0.3) is 0 Å². The summed E-state index contributed by atoms with van der Waals surface area (Å²) >= 11 is 0. The van der Waals surface area contributed by atoms with Gasteiger partial charge in [0.05, 0.1) is 18.0 Å². The van der Waals surface area contributed by atoms with Crippen molar-refractivity contribution >= 4 is 5.91 Å². The van der Waals surface area contributed by atoms with Gasteiger partial charge in [-0.2, -0.15) is 0 Å². The molecule has 4 heteroatoms. The maximum Gasteiger partial charge on any atom is 0.217 e. The van der Waals surface area contributed by atoms with Gasteiger partial charge in [-0.1, -0.05) is 19.9 Å². The first-order valence-corrected chi connectivity index (χ1v) is 5.23. The van der Waals surface area contributed by atoms with E-state index < -0.39 is 5.54 Å². The SMILES string of the molecule is CCC=C(F)CC(CC)(CO)NC(C)=O. The molecule has 0 fully saturated rings. The van der Waals surface area contributed by atoms with Gasteiger partial charge in [0.2, 0.25) is 5.91 Å². The highest BCUT2D eigenvalue weighted by Crippen LogP contribution is 2.21. The summed E-state index contributed by atoms with van der Waals surface area (Å²) in [5.41, 5.74) is -0.860. The molecular formula is C11H20FNO2. The second-order valence-corrected chi connectivity index (χ2v) is 3.71. The third-order valence-electron chi connectivity index (χ3n) is 2.35. The Labute approximate surface area is 90.4 Å². The van der Waals surface area contributed by atoms with E-state index in [9.17, 15) is 14.3 Å². The molecule has 0 spiro atoms. The van der Waals surface area contributed by atoms with Gasteiger partial charge < -0.3 is 10.4 Å². The first-order valence-electron chi connectivity index (χ1n) is 5.23. The Morgan fingerprint density at radius 1 is 1.53 bits per heavy atom. The molecule has 1 atom stereocenters. The number of hydrogen-bond acceptors (Lipinski definition) is 2. The second-order valence-electron chi connectivity index (χ2n) is 3.71. The van der Waals surface area contributed by atoms with Crippen molar-refractivity contribution in [2.24, 2.45) is 0 Å². The first-order chi connectivity index (χ1) is 6.99. The number of allylic oxidation sites excluding steroid dienone is 1. The Hall–Kier alpha value is -0.900. The summed E-state index contributed by atoms with van der Waals surface area (Å²) in [6, 6.07) is 0. The average molecular weight is 217 g/mol. The van der Waals surface area contributed by atoms with Crippen LogP contribution in [-0.4, -0.2) is 23.2 Å². The van der Waals surface area contributed by atoms with Crippen molar-refractivity contribution in [2.75, 3.05) is 6.61 Å². The molecule has 0 saturated heterocycles. The summed E-state index contributed by atoms with van der Waals surface area (Å²) < 4.78 is 13.3. The number of aliphatic hydroxyl groups is 1. The third-order valence-corrected chi connectivity index (χ3v) is 2.35. The molecule has 15 heavy (non-hydrogen) atoms. The van der Waals surface area contributed by atoms with Crippen LogP contribution < -0.4 is 5.32 Å². The topological polar surface area (TPSA) is 49.3 Å². The molecule has 0 radical (unpaired) electrons. The van der Waals surface area contributed by atoms with Crippen LogP contribution in [-0.2, 0) is 4.79 Å². The summed E-state index contributed by atoms with van der Waals surface area (Å²) in [6.45, 7) is 4.76. The van der Waals surface area contributed by atoms with E-state index in [2.05, 4.69) is 5.32 Å². The van der Waals surface area contributed by atoms with Crippen LogP contribution in [0.4, 0.5) is 4.39 Å². The number of aliphatic hydroxyl groups excluding tert-OH is 1. The molecule has 0 rings (SSSR count). The quantitative estimate of drug-likeness (QED) is 0.714. The van der Waals surface area contributed by atoms with Gasteiger partial charge in [0, 0.05) is 13.3 Å². The molecule has 1 amide bonds. The number of nitrogens with one attached hydrogen (secondary N) is 1. The van der Waals surface area contributed by atoms with Crippen LogP contribution in [0, 0.1) is 0 Å². The van der Waals surface area contributed by atoms with Crippen LogP contribution in [0.15, 0.2) is 11.9 Å². The average Bonchev–Trinajstić information content (AvgIpc) is 2.16. The number of halogens is 1. The zero-order valence-electron chi connectivity index (χ0n) is 9.64. The second kappa shape index (κ2) is 6.56. The van der Waals surface area contributed by atoms with E-state index in [-0.39, 0.29) is 24.8 Å². The standard InChI is InChI=1S/C11H20FNO2/c1-4-6-10(12)7-11(5-2,8-14)13-9(3)15/h6,14H,4-5,7-8H2,1-3H3,(H,13,15). The highest BCUT2D eigenvalue weighted by atomic mass is 19.1. The fourth-order valence-electron chi connectivity index (χ4n) is 1.46. The smallest absolute Gasteiger partial charge is 0.217 e. The van der Waals surface area contributed by atoms with Gasteiger partial charge in [-0.3, -0.25) is 4.79 Å². The van der Waals surface area contributed by atoms with Gasteiger partial charge in [-0.15, -0.1) is 0 Å². The van der Waals surface area contributed by atoms with Gasteiger partial charge in [0.1, 0.15) is 0 Å². The molecule has 3 nitrogen and oxygen atoms in total. The molecule has 0 aliphatic heterocycles. The molecule has 88 valence electrons. The minimum atomic E-state index is -0.860. The Balaban J connectivity index is 4.63. The lowest BCUT2D eigenvalue weighted by atomic mass is 9.92. The third kappa shape index (κ3) is 4.93. The Kier molecular flexibility index (Phi) is 6.17. The highest BCUT2D eigenvalue weighted by Gasteiger charge is 2.29. The zero-order chi connectivity index (χ0) is 11.9. The maximum atomic E-state index is 13.3. The van der Waals surface area contributed by atoms with Crippen molar-refractivity contribution in [3.8, 4) is 0 Å². The monoisotopic (exact) mass is 217 g/mol. The zero-order valence-corrected chi connectivity index (χ0v) is 9.64. The summed E-state index contributed by atoms with van der Waals surface area (Å²) in [6.07, 6.45) is 2.61. The van der Waals surface area contributed by atoms with Crippen molar-refractivity contribution < 1.29 is 14.3 Å². The normalized spacial score (nSPS) is 15.9. The summed E-state index contributed by atoms with van der Waals surface area (Å²) in [5.74, 6) is -0.544. The van der Waals surface area contributed by atoms with Crippen LogP contribution >= 0.6 is 0 Å². The van der Waals surface area contributed by atoms with E-state index >= 15 is 0 Å². The largest absolute Gasteiger partial charge is 0.394 e. The predicted molar refractivity (Wildman–Crippen MR) is 58.0 cm³/mol. The van der Waals surface area contributed by atoms with Gasteiger partial charge in [0.15, 0.2) is 0 Å². The molecule has 0 saturated carbocycles. The minimum Gasteiger partial charge on any atom is -0.394 e. The minimum absolute atomic E-state index is 0.0490. The molecule has 0 aromatic heterocycles. The fourth-order valence-corrected chi connectivity index (χ4v) is 1.46. The van der Waals surface area contributed by atoms with Gasteiger partial charge >= 0.3 is 0 Å². The van der Waals surface area contributed by atoms with E-state index in [4.69, 9.17) is 0 Å². The molecular weight excluding hydrogens is 197 g/mol. The lowest BCUT2D eigenvalue weighted by molar-refractivity contribution is -0.121. The van der Waals surface area contributed by atoms with E-state index in [0.717, 1.165) is 0 Å². The molecule has 0 aromatic carbocycles. The van der Waals surface area contributed by atoms with Crippen molar-refractivity contribution in [1.82, 2.24) is 5.32 Å². The van der Waals surface area contributed by atoms with E-state index in [1.165, 1.54) is 13.0 Å². The number of rotatable bonds is 6. The van der Waals surface area contributed by atoms with Crippen LogP contribution in [0.5, 0.6) is 0 Å². The summed E-state index contributed by atoms with van der Waals surface area (Å²) in [4.78, 5) is 11.0. The Bertz CT molecular complexity index is 235. The van der Waals surface area contributed by atoms with Crippen LogP contribution in [0.25, 0.3) is 0 Å². The van der Waals surface area contributed by atoms with E-state index in [1.54, 1.807) is 0 Å². The molecule has 0 bridgehead atoms. The molecule has 0 aliphatic carbocycles. The molecule has 0 heterocycles. The van der Waals surface area contributed by atoms with Crippen molar-refractivity contribution in [3.63, 3.8) is 0 Å². The molecule has 0 aromatic rings. The van der Waals surface area contributed by atoms with Crippen LogP contribution in [0.2, 0.25) is 0 Å². The lowest BCUT2D eigenvalue weighted by Crippen LogP contribution is -2.50. The van der Waals surface area contributed by atoms with Crippen LogP contribution in [0.3, 0.4) is 0 Å². The van der Waals surface area contributed by atoms with E-state index in [1.807, 2.05) is 13.8 Å². The van der Waals surface area contributed by atoms with Crippen LogP contribution in [0.1, 0.15) is 40.0 Å². The number of amides is 1.